The Morgan fingerprint density at radius 2 is 0.427 bits per heavy atom. The largest absolute Gasteiger partial charge is 0.379 e. The summed E-state index contributed by atoms with van der Waals surface area (Å²) in [5, 5.41) is 89.6. The predicted molar refractivity (Wildman–Crippen MR) is 405 cm³/mol. The molecule has 0 spiro atoms. The van der Waals surface area contributed by atoms with Gasteiger partial charge in [0.25, 0.3) is 0 Å². The van der Waals surface area contributed by atoms with Crippen LogP contribution in [0.25, 0.3) is 0 Å². The van der Waals surface area contributed by atoms with E-state index in [0.717, 1.165) is 0 Å². The Bertz CT molecular complexity index is 2430. The maximum absolute atomic E-state index is 13.8. The lowest BCUT2D eigenvalue weighted by Gasteiger charge is -2.34. The van der Waals surface area contributed by atoms with Gasteiger partial charge < -0.3 is 163 Å². The summed E-state index contributed by atoms with van der Waals surface area (Å²) in [4.78, 5) is 129. The van der Waals surface area contributed by atoms with Crippen LogP contribution < -0.4 is 125 Å². The van der Waals surface area contributed by atoms with Gasteiger partial charge in [-0.05, 0) is 20.8 Å². The van der Waals surface area contributed by atoms with Crippen LogP contribution in [0.3, 0.4) is 0 Å². The summed E-state index contributed by atoms with van der Waals surface area (Å²) < 4.78 is 47.3. The smallest absolute Gasteiger partial charge is 0.222 e. The summed E-state index contributed by atoms with van der Waals surface area (Å²) in [7, 11) is 0. The molecule has 0 aromatic heterocycles. The van der Waals surface area contributed by atoms with E-state index >= 15 is 0 Å². The Kier molecular flexibility index (Phi) is 56.2. The van der Waals surface area contributed by atoms with Crippen molar-refractivity contribution in [2.45, 2.75) is 108 Å². The van der Waals surface area contributed by atoms with Crippen LogP contribution in [0.4, 0.5) is 0 Å². The zero-order chi connectivity index (χ0) is 82.3. The fourth-order valence-electron chi connectivity index (χ4n) is 9.03. The van der Waals surface area contributed by atoms with Crippen molar-refractivity contribution in [1.82, 2.24) is 90.4 Å². The van der Waals surface area contributed by atoms with Crippen molar-refractivity contribution in [2.75, 3.05) is 197 Å². The molecule has 47 heteroatoms. The first-order valence-corrected chi connectivity index (χ1v) is 35.9. The Morgan fingerprint density at radius 1 is 0.255 bits per heavy atom. The maximum atomic E-state index is 13.8. The highest BCUT2D eigenvalue weighted by Crippen LogP contribution is 2.14. The molecular formula is C63H125N29O18. The van der Waals surface area contributed by atoms with Gasteiger partial charge in [0.1, 0.15) is 11.1 Å². The number of guanidine groups is 6. The molecule has 0 atom stereocenters. The molecule has 0 radical (unpaired) electrons. The monoisotopic (exact) mass is 1580 g/mol. The Labute approximate surface area is 640 Å². The second-order valence-corrected chi connectivity index (χ2v) is 25.6. The van der Waals surface area contributed by atoms with Gasteiger partial charge in [-0.2, -0.15) is 0 Å². The van der Waals surface area contributed by atoms with Crippen LogP contribution >= 0.6 is 0 Å². The normalized spacial score (nSPS) is 12.3. The topological polar surface area (TPSA) is 748 Å². The molecular weight excluding hydrogens is 1450 g/mol. The minimum atomic E-state index is -1.48. The number of hydrogen-bond acceptors (Lipinski definition) is 25. The molecule has 110 heavy (non-hydrogen) atoms. The number of amides is 10. The van der Waals surface area contributed by atoms with E-state index in [1.54, 1.807) is 0 Å². The molecule has 0 aliphatic rings. The zero-order valence-corrected chi connectivity index (χ0v) is 63.7. The van der Waals surface area contributed by atoms with Gasteiger partial charge in [0.15, 0.2) is 35.8 Å². The molecule has 0 unspecified atom stereocenters. The van der Waals surface area contributed by atoms with Crippen molar-refractivity contribution in [1.29, 1.82) is 32.5 Å². The zero-order valence-electron chi connectivity index (χ0n) is 63.7. The van der Waals surface area contributed by atoms with E-state index in [1.165, 1.54) is 0 Å². The van der Waals surface area contributed by atoms with Gasteiger partial charge in [-0.15, -0.1) is 0 Å². The van der Waals surface area contributed by atoms with Crippen molar-refractivity contribution in [3.63, 3.8) is 0 Å². The van der Waals surface area contributed by atoms with Gasteiger partial charge >= 0.3 is 0 Å². The molecule has 0 saturated heterocycles. The second-order valence-electron chi connectivity index (χ2n) is 25.6. The van der Waals surface area contributed by atoms with Gasteiger partial charge in [0.2, 0.25) is 59.1 Å². The summed E-state index contributed by atoms with van der Waals surface area (Å²) in [6, 6.07) is -0.409. The molecule has 630 valence electrons. The Balaban J connectivity index is 5.94. The second kappa shape index (κ2) is 61.8. The lowest BCUT2D eigenvalue weighted by molar-refractivity contribution is -0.131. The maximum Gasteiger partial charge on any atom is 0.222 e. The van der Waals surface area contributed by atoms with Gasteiger partial charge in [0, 0.05) is 161 Å². The fourth-order valence-corrected chi connectivity index (χ4v) is 9.03. The number of nitrogens with one attached hydrogen (secondary N) is 23. The summed E-state index contributed by atoms with van der Waals surface area (Å²) in [6.07, 6.45) is -1.32. The van der Waals surface area contributed by atoms with Crippen LogP contribution in [-0.2, 0) is 85.8 Å². The van der Waals surface area contributed by atoms with Gasteiger partial charge in [-0.3, -0.25) is 80.4 Å². The number of rotatable bonds is 67. The van der Waals surface area contributed by atoms with E-state index in [1.807, 2.05) is 20.8 Å². The Hall–Kier alpha value is -10.0. The third-order valence-electron chi connectivity index (χ3n) is 14.1. The van der Waals surface area contributed by atoms with Gasteiger partial charge in [-0.1, -0.05) is 0 Å². The summed E-state index contributed by atoms with van der Waals surface area (Å²) in [6.45, 7) is 5.41. The standard InChI is InChI=1S/C63H125N29O18/c1-61(2,3)90-44(36-103-28-6-45(93)76-14-4-53(101)91-62(38-105-30-8-47(95)78-16-22-84-55(64)65,39-106-31-9-48(96)79-17-23-85-56(66)67)40-107-32-10-49(97)80-18-24-86-57(68)69)37-104-29-7-46(94)77-15-5-54(102)92-63(41-108-33-11-50(98)81-19-25-87-58(70)71,42-109-34-12-51(99)82-20-26-88-59(72)73)43-110-35-13-52(100)83-21-27-89-60(74)75/h44,90H,4-43H2,1-3H3,(H,76,93)(H,77,94)(H,78,95)(H,79,96)(H,80,97)(H,81,98)(H,82,99)(H,83,100)(H,91,101)(H,92,102)(H4,64,65,84)(H4,66,67,85)(H4,68,69,86)(H4,70,71,87)(H4,72,73,88)(H4,74,75,89). The molecule has 0 aromatic rings. The highest BCUT2D eigenvalue weighted by Gasteiger charge is 2.36. The summed E-state index contributed by atoms with van der Waals surface area (Å²) in [5.41, 5.74) is 28.4. The minimum absolute atomic E-state index is 0.0289. The van der Waals surface area contributed by atoms with E-state index in [4.69, 9.17) is 105 Å². The first-order chi connectivity index (χ1) is 52.2. The molecule has 0 bridgehead atoms. The third-order valence-corrected chi connectivity index (χ3v) is 14.1. The SMILES string of the molecule is CC(C)(C)NC(COCCC(=O)NCCC(=O)NC(COCCC(=O)NCCNC(=N)N)(COCCC(=O)NCCNC(=N)N)COCCC(=O)NCCNC(=N)N)COCCC(=O)NCCC(=O)NC(COCCC(=O)NCCNC(=N)N)(COCCC(=O)NCCNC(=N)N)COCCC(=O)NCCNC(=N)N. The molecule has 0 heterocycles. The van der Waals surface area contributed by atoms with Crippen molar-refractivity contribution < 1.29 is 85.8 Å². The van der Waals surface area contributed by atoms with Gasteiger partial charge in [-0.25, -0.2) is 0 Å². The van der Waals surface area contributed by atoms with E-state index in [-0.39, 0.29) is 333 Å². The lowest BCUT2D eigenvalue weighted by atomic mass is 10.0. The quantitative estimate of drug-likeness (QED) is 0.0153. The molecule has 0 aliphatic heterocycles. The number of carbonyl (C=O) groups excluding carboxylic acids is 10. The number of ether oxygens (including phenoxy) is 8. The predicted octanol–water partition coefficient (Wildman–Crippen LogP) is -10.7. The number of hydrogen-bond donors (Lipinski definition) is 29. The lowest BCUT2D eigenvalue weighted by Crippen LogP contribution is -2.59. The first kappa shape index (κ1) is 100.0. The third kappa shape index (κ3) is 62.9. The van der Waals surface area contributed by atoms with E-state index in [9.17, 15) is 47.9 Å². The number of carbonyl (C=O) groups is 10. The molecule has 47 nitrogen and oxygen atoms in total. The molecule has 0 aliphatic carbocycles. The van der Waals surface area contributed by atoms with Crippen LogP contribution in [0.5, 0.6) is 0 Å². The molecule has 0 aromatic carbocycles. The molecule has 10 amide bonds. The summed E-state index contributed by atoms with van der Waals surface area (Å²) in [5.74, 6) is -5.94. The van der Waals surface area contributed by atoms with E-state index < -0.39 is 46.3 Å². The van der Waals surface area contributed by atoms with Crippen molar-refractivity contribution >= 4 is 94.8 Å². The molecule has 0 rings (SSSR count). The average Bonchev–Trinajstić information content (AvgIpc) is 0.851. The van der Waals surface area contributed by atoms with Crippen LogP contribution in [0.1, 0.15) is 85.0 Å². The minimum Gasteiger partial charge on any atom is -0.379 e. The van der Waals surface area contributed by atoms with E-state index in [2.05, 4.69) is 90.4 Å². The van der Waals surface area contributed by atoms with Crippen LogP contribution in [0.15, 0.2) is 0 Å². The number of nitrogens with two attached hydrogens (primary N) is 6. The van der Waals surface area contributed by atoms with Crippen LogP contribution in [0, 0.1) is 32.5 Å². The fraction of sp³-hybridized carbons (Fsp3) is 0.746. The highest BCUT2D eigenvalue weighted by atomic mass is 16.5. The van der Waals surface area contributed by atoms with Crippen molar-refractivity contribution in [3.8, 4) is 0 Å². The summed E-state index contributed by atoms with van der Waals surface area (Å²) >= 11 is 0. The highest BCUT2D eigenvalue weighted by molar-refractivity contribution is 5.82. The average molecular weight is 1580 g/mol. The molecule has 35 N–H and O–H groups in total. The molecule has 0 saturated carbocycles. The van der Waals surface area contributed by atoms with Gasteiger partial charge in [0.05, 0.1) is 112 Å². The van der Waals surface area contributed by atoms with Crippen molar-refractivity contribution in [2.24, 2.45) is 34.4 Å². The first-order valence-electron chi connectivity index (χ1n) is 35.9. The van der Waals surface area contributed by atoms with Crippen molar-refractivity contribution in [3.05, 3.63) is 0 Å². The Morgan fingerprint density at radius 3 is 0.609 bits per heavy atom. The molecule has 0 fully saturated rings. The van der Waals surface area contributed by atoms with Crippen LogP contribution in [0.2, 0.25) is 0 Å². The van der Waals surface area contributed by atoms with Crippen LogP contribution in [-0.4, -0.2) is 315 Å². The van der Waals surface area contributed by atoms with E-state index in [0.29, 0.717) is 0 Å².